The van der Waals surface area contributed by atoms with E-state index in [2.05, 4.69) is 12.2 Å². The first-order valence-corrected chi connectivity index (χ1v) is 10.0. The summed E-state index contributed by atoms with van der Waals surface area (Å²) in [7, 11) is -3.57. The van der Waals surface area contributed by atoms with Crippen LogP contribution < -0.4 is 9.62 Å². The van der Waals surface area contributed by atoms with Crippen molar-refractivity contribution in [3.63, 3.8) is 0 Å². The van der Waals surface area contributed by atoms with Crippen LogP contribution in [0.2, 0.25) is 0 Å². The van der Waals surface area contributed by atoms with Gasteiger partial charge in [-0.25, -0.2) is 8.42 Å². The van der Waals surface area contributed by atoms with Gasteiger partial charge in [0.2, 0.25) is 15.9 Å². The number of fused-ring (bicyclic) bond motifs is 1. The highest BCUT2D eigenvalue weighted by molar-refractivity contribution is 7.92. The number of rotatable bonds is 8. The van der Waals surface area contributed by atoms with Crippen LogP contribution in [0.15, 0.2) is 42.5 Å². The van der Waals surface area contributed by atoms with Crippen molar-refractivity contribution < 1.29 is 13.2 Å². The van der Waals surface area contributed by atoms with Crippen molar-refractivity contribution in [2.24, 2.45) is 0 Å². The molecular formula is C18H24N2O3S. The third-order valence-electron chi connectivity index (χ3n) is 3.83. The normalized spacial score (nSPS) is 11.4. The maximum Gasteiger partial charge on any atom is 0.240 e. The van der Waals surface area contributed by atoms with E-state index in [0.29, 0.717) is 12.2 Å². The molecule has 2 aromatic carbocycles. The minimum atomic E-state index is -3.57. The number of unbranched alkanes of at least 4 members (excludes halogenated alkanes) is 2. The number of hydrogen-bond donors (Lipinski definition) is 1. The lowest BCUT2D eigenvalue weighted by Gasteiger charge is -2.23. The smallest absolute Gasteiger partial charge is 0.240 e. The van der Waals surface area contributed by atoms with E-state index in [0.717, 1.165) is 36.3 Å². The monoisotopic (exact) mass is 348 g/mol. The lowest BCUT2D eigenvalue weighted by molar-refractivity contribution is -0.119. The number of benzene rings is 2. The van der Waals surface area contributed by atoms with Crippen LogP contribution in [0, 0.1) is 0 Å². The molecule has 0 saturated carbocycles. The van der Waals surface area contributed by atoms with Gasteiger partial charge in [0, 0.05) is 11.9 Å². The molecule has 2 aromatic rings. The molecule has 0 bridgehead atoms. The van der Waals surface area contributed by atoms with Crippen molar-refractivity contribution in [1.82, 2.24) is 5.32 Å². The fraction of sp³-hybridized carbons (Fsp3) is 0.389. The molecule has 24 heavy (non-hydrogen) atoms. The van der Waals surface area contributed by atoms with Gasteiger partial charge in [-0.15, -0.1) is 0 Å². The van der Waals surface area contributed by atoms with Crippen molar-refractivity contribution in [3.8, 4) is 0 Å². The Bertz CT molecular complexity index is 798. The average Bonchev–Trinajstić information content (AvgIpc) is 2.55. The van der Waals surface area contributed by atoms with Crippen LogP contribution in [0.5, 0.6) is 0 Å². The summed E-state index contributed by atoms with van der Waals surface area (Å²) in [5.41, 5.74) is 0.527. The Morgan fingerprint density at radius 2 is 1.79 bits per heavy atom. The molecule has 1 N–H and O–H groups in total. The van der Waals surface area contributed by atoms with Gasteiger partial charge in [-0.3, -0.25) is 9.10 Å². The molecule has 0 heterocycles. The third kappa shape index (κ3) is 4.71. The molecule has 5 nitrogen and oxygen atoms in total. The first-order chi connectivity index (χ1) is 11.4. The van der Waals surface area contributed by atoms with E-state index >= 15 is 0 Å². The molecule has 1 amide bonds. The van der Waals surface area contributed by atoms with Crippen LogP contribution >= 0.6 is 0 Å². The van der Waals surface area contributed by atoms with Crippen molar-refractivity contribution in [2.45, 2.75) is 26.2 Å². The minimum absolute atomic E-state index is 0.209. The zero-order valence-corrected chi connectivity index (χ0v) is 15.0. The lowest BCUT2D eigenvalue weighted by Crippen LogP contribution is -2.40. The number of nitrogens with zero attached hydrogens (tertiary/aromatic N) is 1. The molecule has 0 atom stereocenters. The topological polar surface area (TPSA) is 66.5 Å². The molecule has 130 valence electrons. The van der Waals surface area contributed by atoms with Gasteiger partial charge in [0.15, 0.2) is 0 Å². The van der Waals surface area contributed by atoms with E-state index < -0.39 is 10.0 Å². The number of nitrogens with one attached hydrogen (secondary N) is 1. The average molecular weight is 348 g/mol. The molecule has 2 rings (SSSR count). The Morgan fingerprint density at radius 3 is 2.50 bits per heavy atom. The number of sulfonamides is 1. The minimum Gasteiger partial charge on any atom is -0.355 e. The molecule has 0 aliphatic carbocycles. The van der Waals surface area contributed by atoms with Gasteiger partial charge in [0.1, 0.15) is 6.54 Å². The molecular weight excluding hydrogens is 324 g/mol. The molecule has 0 unspecified atom stereocenters. The molecule has 0 aromatic heterocycles. The van der Waals surface area contributed by atoms with E-state index in [1.54, 1.807) is 12.1 Å². The van der Waals surface area contributed by atoms with Crippen molar-refractivity contribution in [1.29, 1.82) is 0 Å². The molecule has 0 fully saturated rings. The zero-order chi connectivity index (χ0) is 17.6. The summed E-state index contributed by atoms with van der Waals surface area (Å²) in [6.07, 6.45) is 4.13. The van der Waals surface area contributed by atoms with Gasteiger partial charge in [-0.1, -0.05) is 56.2 Å². The molecule has 0 radical (unpaired) electrons. The van der Waals surface area contributed by atoms with E-state index in [4.69, 9.17) is 0 Å². The Balaban J connectivity index is 2.24. The van der Waals surface area contributed by atoms with Gasteiger partial charge >= 0.3 is 0 Å². The van der Waals surface area contributed by atoms with E-state index in [1.807, 2.05) is 30.3 Å². The van der Waals surface area contributed by atoms with Crippen molar-refractivity contribution in [3.05, 3.63) is 42.5 Å². The van der Waals surface area contributed by atoms with Crippen molar-refractivity contribution >= 4 is 32.4 Å². The van der Waals surface area contributed by atoms with Gasteiger partial charge < -0.3 is 5.32 Å². The Morgan fingerprint density at radius 1 is 1.08 bits per heavy atom. The first-order valence-electron chi connectivity index (χ1n) is 8.15. The van der Waals surface area contributed by atoms with Crippen molar-refractivity contribution in [2.75, 3.05) is 23.7 Å². The summed E-state index contributed by atoms with van der Waals surface area (Å²) >= 11 is 0. The Hall–Kier alpha value is -2.08. The summed E-state index contributed by atoms with van der Waals surface area (Å²) in [4.78, 5) is 12.2. The standard InChI is InChI=1S/C18H24N2O3S/c1-3-4-7-13-19-18(21)14-20(24(2,22)23)17-12-8-10-15-9-5-6-11-16(15)17/h5-6,8-12H,3-4,7,13-14H2,1-2H3,(H,19,21). The fourth-order valence-electron chi connectivity index (χ4n) is 2.60. The highest BCUT2D eigenvalue weighted by Crippen LogP contribution is 2.28. The summed E-state index contributed by atoms with van der Waals surface area (Å²) in [5, 5.41) is 4.54. The number of hydrogen-bond acceptors (Lipinski definition) is 3. The van der Waals surface area contributed by atoms with Gasteiger partial charge in [0.05, 0.1) is 11.9 Å². The number of anilines is 1. The maximum absolute atomic E-state index is 12.2. The van der Waals surface area contributed by atoms with E-state index in [9.17, 15) is 13.2 Å². The highest BCUT2D eigenvalue weighted by Gasteiger charge is 2.22. The molecule has 0 spiro atoms. The predicted octanol–water partition coefficient (Wildman–Crippen LogP) is 2.91. The van der Waals surface area contributed by atoms with Crippen LogP contribution in [-0.4, -0.2) is 33.7 Å². The Labute approximate surface area is 143 Å². The van der Waals surface area contributed by atoms with Gasteiger partial charge in [-0.05, 0) is 17.9 Å². The van der Waals surface area contributed by atoms with Crippen LogP contribution in [0.1, 0.15) is 26.2 Å². The molecule has 0 saturated heterocycles. The van der Waals surface area contributed by atoms with E-state index in [-0.39, 0.29) is 12.5 Å². The van der Waals surface area contributed by atoms with E-state index in [1.165, 1.54) is 4.31 Å². The maximum atomic E-state index is 12.2. The van der Waals surface area contributed by atoms with Crippen LogP contribution in [-0.2, 0) is 14.8 Å². The van der Waals surface area contributed by atoms with Crippen LogP contribution in [0.4, 0.5) is 5.69 Å². The number of carbonyl (C=O) groups excluding carboxylic acids is 1. The first kappa shape index (κ1) is 18.3. The quantitative estimate of drug-likeness (QED) is 0.746. The fourth-order valence-corrected chi connectivity index (χ4v) is 3.46. The van der Waals surface area contributed by atoms with Crippen LogP contribution in [0.25, 0.3) is 10.8 Å². The second-order valence-electron chi connectivity index (χ2n) is 5.82. The summed E-state index contributed by atoms with van der Waals surface area (Å²) in [6.45, 7) is 2.45. The zero-order valence-electron chi connectivity index (χ0n) is 14.2. The highest BCUT2D eigenvalue weighted by atomic mass is 32.2. The molecule has 6 heteroatoms. The van der Waals surface area contributed by atoms with Crippen LogP contribution in [0.3, 0.4) is 0 Å². The SMILES string of the molecule is CCCCCNC(=O)CN(c1cccc2ccccc12)S(C)(=O)=O. The Kier molecular flexibility index (Phi) is 6.20. The second-order valence-corrected chi connectivity index (χ2v) is 7.73. The molecule has 0 aliphatic rings. The predicted molar refractivity (Wildman–Crippen MR) is 98.7 cm³/mol. The lowest BCUT2D eigenvalue weighted by atomic mass is 10.1. The summed E-state index contributed by atoms with van der Waals surface area (Å²) in [5.74, 6) is -0.288. The number of carbonyl (C=O) groups is 1. The summed E-state index contributed by atoms with van der Waals surface area (Å²) in [6, 6.07) is 13.0. The number of amides is 1. The second kappa shape index (κ2) is 8.15. The molecule has 0 aliphatic heterocycles. The largest absolute Gasteiger partial charge is 0.355 e. The third-order valence-corrected chi connectivity index (χ3v) is 4.95. The van der Waals surface area contributed by atoms with Gasteiger partial charge in [0.25, 0.3) is 0 Å². The van der Waals surface area contributed by atoms with Gasteiger partial charge in [-0.2, -0.15) is 0 Å². The summed E-state index contributed by atoms with van der Waals surface area (Å²) < 4.78 is 25.6.